The van der Waals surface area contributed by atoms with Crippen molar-refractivity contribution in [3.63, 3.8) is 0 Å². The molecule has 6 heteroatoms. The normalized spacial score (nSPS) is 26.2. The summed E-state index contributed by atoms with van der Waals surface area (Å²) in [5, 5.41) is 9.99. The molecule has 2 aliphatic rings. The molecule has 2 fully saturated rings. The van der Waals surface area contributed by atoms with Crippen LogP contribution in [-0.2, 0) is 10.0 Å². The fourth-order valence-electron chi connectivity index (χ4n) is 3.49. The fourth-order valence-corrected chi connectivity index (χ4v) is 5.57. The van der Waals surface area contributed by atoms with Gasteiger partial charge in [0.2, 0.25) is 10.0 Å². The Morgan fingerprint density at radius 3 is 2.43 bits per heavy atom. The van der Waals surface area contributed by atoms with Crippen molar-refractivity contribution in [1.29, 1.82) is 0 Å². The van der Waals surface area contributed by atoms with Crippen molar-refractivity contribution in [3.8, 4) is 0 Å². The van der Waals surface area contributed by atoms with E-state index in [1.165, 1.54) is 0 Å². The molecule has 23 heavy (non-hydrogen) atoms. The van der Waals surface area contributed by atoms with Crippen LogP contribution in [0.4, 0.5) is 0 Å². The van der Waals surface area contributed by atoms with Crippen molar-refractivity contribution in [3.05, 3.63) is 41.4 Å². The Morgan fingerprint density at radius 2 is 1.87 bits per heavy atom. The lowest BCUT2D eigenvalue weighted by atomic mass is 9.92. The van der Waals surface area contributed by atoms with E-state index in [2.05, 4.69) is 6.58 Å². The molecule has 1 saturated carbocycles. The molecular formula is C17H22ClNO3S. The quantitative estimate of drug-likeness (QED) is 0.825. The number of hydrogen-bond donors (Lipinski definition) is 1. The van der Waals surface area contributed by atoms with E-state index in [0.717, 1.165) is 32.1 Å². The number of hydrogen-bond acceptors (Lipinski definition) is 3. The van der Waals surface area contributed by atoms with Crippen LogP contribution in [0.15, 0.2) is 41.3 Å². The number of piperidine rings is 1. The summed E-state index contributed by atoms with van der Waals surface area (Å²) in [4.78, 5) is 0.255. The number of halogens is 1. The van der Waals surface area contributed by atoms with Crippen LogP contribution in [0.2, 0.25) is 5.02 Å². The van der Waals surface area contributed by atoms with Gasteiger partial charge in [0.1, 0.15) is 0 Å². The maximum absolute atomic E-state index is 13.2. The highest BCUT2D eigenvalue weighted by Gasteiger charge is 2.46. The topological polar surface area (TPSA) is 57.6 Å². The van der Waals surface area contributed by atoms with E-state index in [1.807, 2.05) is 0 Å². The molecule has 0 aromatic heterocycles. The lowest BCUT2D eigenvalue weighted by Gasteiger charge is -2.42. The van der Waals surface area contributed by atoms with Gasteiger partial charge in [0.15, 0.2) is 0 Å². The lowest BCUT2D eigenvalue weighted by molar-refractivity contribution is 0.171. The number of aliphatic hydroxyl groups excluding tert-OH is 1. The molecule has 126 valence electrons. The van der Waals surface area contributed by atoms with Crippen LogP contribution in [0.3, 0.4) is 0 Å². The first-order chi connectivity index (χ1) is 10.9. The minimum Gasteiger partial charge on any atom is -0.392 e. The van der Waals surface area contributed by atoms with Crippen LogP contribution in [0, 0.1) is 5.92 Å². The third-order valence-electron chi connectivity index (χ3n) is 4.84. The van der Waals surface area contributed by atoms with Gasteiger partial charge in [-0.25, -0.2) is 8.42 Å². The predicted molar refractivity (Wildman–Crippen MR) is 90.9 cm³/mol. The molecule has 3 rings (SSSR count). The molecule has 1 aliphatic carbocycles. The Bertz CT molecular complexity index is 682. The number of rotatable bonds is 5. The van der Waals surface area contributed by atoms with Crippen LogP contribution in [0.25, 0.3) is 0 Å². The maximum atomic E-state index is 13.2. The van der Waals surface area contributed by atoms with Gasteiger partial charge in [0, 0.05) is 17.1 Å². The maximum Gasteiger partial charge on any atom is 0.243 e. The zero-order chi connectivity index (χ0) is 16.6. The minimum absolute atomic E-state index is 0.0118. The van der Waals surface area contributed by atoms with E-state index in [1.54, 1.807) is 28.6 Å². The summed E-state index contributed by atoms with van der Waals surface area (Å²) < 4.78 is 28.1. The zero-order valence-corrected chi connectivity index (χ0v) is 14.6. The van der Waals surface area contributed by atoms with E-state index in [4.69, 9.17) is 11.6 Å². The molecule has 1 heterocycles. The van der Waals surface area contributed by atoms with Gasteiger partial charge in [-0.1, -0.05) is 18.2 Å². The number of sulfonamides is 1. The third-order valence-corrected chi connectivity index (χ3v) is 7.04. The largest absolute Gasteiger partial charge is 0.392 e. The zero-order valence-electron chi connectivity index (χ0n) is 13.0. The van der Waals surface area contributed by atoms with Crippen molar-refractivity contribution in [2.24, 2.45) is 5.92 Å². The van der Waals surface area contributed by atoms with Crippen LogP contribution >= 0.6 is 11.6 Å². The second-order valence-corrected chi connectivity index (χ2v) is 8.74. The van der Waals surface area contributed by atoms with Gasteiger partial charge in [-0.3, -0.25) is 0 Å². The molecule has 1 aromatic carbocycles. The third kappa shape index (κ3) is 3.33. The first-order valence-corrected chi connectivity index (χ1v) is 9.84. The van der Waals surface area contributed by atoms with Crippen molar-refractivity contribution in [2.75, 3.05) is 6.61 Å². The average molecular weight is 356 g/mol. The van der Waals surface area contributed by atoms with Crippen molar-refractivity contribution >= 4 is 21.6 Å². The fraction of sp³-hybridized carbons (Fsp3) is 0.529. The molecule has 2 atom stereocenters. The van der Waals surface area contributed by atoms with Gasteiger partial charge < -0.3 is 5.11 Å². The first-order valence-electron chi connectivity index (χ1n) is 8.03. The van der Waals surface area contributed by atoms with Gasteiger partial charge in [0.05, 0.1) is 11.5 Å². The van der Waals surface area contributed by atoms with E-state index in [0.29, 0.717) is 16.5 Å². The standard InChI is InChI=1S/C17H22ClNO3S/c1-12(11-20)16-3-2-4-17(13-5-6-13)19(16)23(21,22)15-9-7-14(18)8-10-15/h7-10,13,16-17,20H,1-6,11H2/t16-,17+/m0/s1. The molecule has 0 unspecified atom stereocenters. The van der Waals surface area contributed by atoms with E-state index in [-0.39, 0.29) is 23.6 Å². The van der Waals surface area contributed by atoms with Gasteiger partial charge >= 0.3 is 0 Å². The second-order valence-electron chi connectivity index (χ2n) is 6.46. The molecule has 0 bridgehead atoms. The monoisotopic (exact) mass is 355 g/mol. The minimum atomic E-state index is -3.63. The molecule has 0 radical (unpaired) electrons. The Labute approximate surface area is 142 Å². The summed E-state index contributed by atoms with van der Waals surface area (Å²) in [5.74, 6) is 0.436. The predicted octanol–water partition coefficient (Wildman–Crippen LogP) is 3.21. The molecule has 0 spiro atoms. The summed E-state index contributed by atoms with van der Waals surface area (Å²) in [7, 11) is -3.63. The van der Waals surface area contributed by atoms with E-state index >= 15 is 0 Å². The van der Waals surface area contributed by atoms with Gasteiger partial charge in [-0.2, -0.15) is 4.31 Å². The SMILES string of the molecule is C=C(CO)[C@@H]1CCC[C@H](C2CC2)N1S(=O)(=O)c1ccc(Cl)cc1. The van der Waals surface area contributed by atoms with Crippen LogP contribution in [0.5, 0.6) is 0 Å². The Morgan fingerprint density at radius 1 is 1.22 bits per heavy atom. The number of benzene rings is 1. The molecular weight excluding hydrogens is 334 g/mol. The van der Waals surface area contributed by atoms with Crippen LogP contribution in [-0.4, -0.2) is 36.5 Å². The molecule has 1 saturated heterocycles. The lowest BCUT2D eigenvalue weighted by Crippen LogP contribution is -2.51. The van der Waals surface area contributed by atoms with Crippen molar-refractivity contribution in [1.82, 2.24) is 4.31 Å². The molecule has 4 nitrogen and oxygen atoms in total. The highest BCUT2D eigenvalue weighted by Crippen LogP contribution is 2.44. The number of aliphatic hydroxyl groups is 1. The highest BCUT2D eigenvalue weighted by atomic mass is 35.5. The van der Waals surface area contributed by atoms with E-state index < -0.39 is 10.0 Å². The first kappa shape index (κ1) is 17.0. The van der Waals surface area contributed by atoms with E-state index in [9.17, 15) is 13.5 Å². The molecule has 1 aromatic rings. The van der Waals surface area contributed by atoms with Gasteiger partial charge in [-0.05, 0) is 67.9 Å². The molecule has 1 N–H and O–H groups in total. The van der Waals surface area contributed by atoms with Gasteiger partial charge in [0.25, 0.3) is 0 Å². The summed E-state index contributed by atoms with van der Waals surface area (Å²) in [6, 6.07) is 5.99. The Hall–Kier alpha value is -0.880. The van der Waals surface area contributed by atoms with Gasteiger partial charge in [-0.15, -0.1) is 0 Å². The summed E-state index contributed by atoms with van der Waals surface area (Å²) in [6.45, 7) is 3.72. The van der Waals surface area contributed by atoms with Crippen LogP contribution < -0.4 is 0 Å². The average Bonchev–Trinajstić information content (AvgIpc) is 3.38. The van der Waals surface area contributed by atoms with Crippen LogP contribution in [0.1, 0.15) is 32.1 Å². The Kier molecular flexibility index (Phi) is 4.83. The summed E-state index contributed by atoms with van der Waals surface area (Å²) in [6.07, 6.45) is 4.73. The van der Waals surface area contributed by atoms with Crippen molar-refractivity contribution in [2.45, 2.75) is 49.1 Å². The smallest absolute Gasteiger partial charge is 0.243 e. The molecule has 0 amide bonds. The Balaban J connectivity index is 2.01. The summed E-state index contributed by atoms with van der Waals surface area (Å²) in [5.41, 5.74) is 0.577. The molecule has 1 aliphatic heterocycles. The summed E-state index contributed by atoms with van der Waals surface area (Å²) >= 11 is 5.88. The number of nitrogens with zero attached hydrogens (tertiary/aromatic N) is 1. The van der Waals surface area contributed by atoms with Crippen molar-refractivity contribution < 1.29 is 13.5 Å². The highest BCUT2D eigenvalue weighted by molar-refractivity contribution is 7.89. The second kappa shape index (κ2) is 6.55.